The molecular formula is C24H25ClN6O2. The number of amides is 1. The van der Waals surface area contributed by atoms with E-state index in [4.69, 9.17) is 11.6 Å². The van der Waals surface area contributed by atoms with Gasteiger partial charge in [-0.1, -0.05) is 23.7 Å². The van der Waals surface area contributed by atoms with E-state index in [0.29, 0.717) is 29.0 Å². The number of pyridine rings is 1. The molecule has 1 aromatic carbocycles. The largest absolute Gasteiger partial charge is 0.390 e. The van der Waals surface area contributed by atoms with Crippen molar-refractivity contribution in [3.05, 3.63) is 65.0 Å². The number of β-amino-alcohol motifs (C(OH)–C–C–N with tert-alkyl or cyclic N) is 1. The molecule has 0 radical (unpaired) electrons. The Balaban J connectivity index is 1.15. The minimum Gasteiger partial charge on any atom is -0.390 e. The number of likely N-dealkylation sites (tertiary alicyclic amines) is 1. The third kappa shape index (κ3) is 3.78. The Morgan fingerprint density at radius 2 is 1.85 bits per heavy atom. The van der Waals surface area contributed by atoms with Crippen LogP contribution < -0.4 is 9.80 Å². The van der Waals surface area contributed by atoms with Crippen LogP contribution in [0.2, 0.25) is 5.02 Å². The van der Waals surface area contributed by atoms with Crippen molar-refractivity contribution in [3.8, 4) is 0 Å². The van der Waals surface area contributed by atoms with Crippen LogP contribution in [0.4, 0.5) is 11.5 Å². The van der Waals surface area contributed by atoms with E-state index in [1.807, 2.05) is 42.5 Å². The van der Waals surface area contributed by atoms with Crippen molar-refractivity contribution in [1.29, 1.82) is 0 Å². The molecule has 2 fully saturated rings. The number of carbonyl (C=O) groups is 1. The highest BCUT2D eigenvalue weighted by atomic mass is 35.5. The predicted molar refractivity (Wildman–Crippen MR) is 127 cm³/mol. The van der Waals surface area contributed by atoms with Gasteiger partial charge in [0, 0.05) is 43.2 Å². The number of benzene rings is 1. The Morgan fingerprint density at radius 3 is 2.58 bits per heavy atom. The fraction of sp³-hybridized carbons (Fsp3) is 0.375. The van der Waals surface area contributed by atoms with Gasteiger partial charge in [0.15, 0.2) is 0 Å². The van der Waals surface area contributed by atoms with E-state index in [1.54, 1.807) is 22.4 Å². The van der Waals surface area contributed by atoms with Gasteiger partial charge < -0.3 is 10.0 Å². The van der Waals surface area contributed by atoms with E-state index >= 15 is 0 Å². The molecule has 2 unspecified atom stereocenters. The fourth-order valence-corrected chi connectivity index (χ4v) is 5.16. The van der Waals surface area contributed by atoms with Crippen LogP contribution in [0.25, 0.3) is 0 Å². The smallest absolute Gasteiger partial charge is 0.281 e. The standard InChI is InChI=1S/C24H25ClN6O2/c25-18-3-1-16(2-4-18)17-9-22-24(33)30(15-27-31(22)11-17)19-5-6-23(26-10-19)28-8-7-20(12-28)29-13-21(32)14-29/h1-6,9-10,15,17,20-21,32H,7-8,11-14H2. The zero-order valence-corrected chi connectivity index (χ0v) is 18.8. The van der Waals surface area contributed by atoms with Gasteiger partial charge in [-0.05, 0) is 42.3 Å². The second kappa shape index (κ2) is 8.13. The van der Waals surface area contributed by atoms with E-state index in [-0.39, 0.29) is 17.9 Å². The molecule has 33 heavy (non-hydrogen) atoms. The summed E-state index contributed by atoms with van der Waals surface area (Å²) in [5, 5.41) is 16.5. The first-order valence-corrected chi connectivity index (χ1v) is 11.7. The molecule has 170 valence electrons. The Bertz CT molecular complexity index is 1110. The van der Waals surface area contributed by atoms with Crippen LogP contribution in [0, 0.1) is 0 Å². The number of nitrogens with zero attached hydrogens (tertiary/aromatic N) is 6. The highest BCUT2D eigenvalue weighted by molar-refractivity contribution is 6.30. The van der Waals surface area contributed by atoms with Crippen molar-refractivity contribution < 1.29 is 9.90 Å². The summed E-state index contributed by atoms with van der Waals surface area (Å²) in [5.41, 5.74) is 2.39. The van der Waals surface area contributed by atoms with E-state index < -0.39 is 0 Å². The average molecular weight is 465 g/mol. The molecular weight excluding hydrogens is 440 g/mol. The van der Waals surface area contributed by atoms with Gasteiger partial charge in [-0.25, -0.2) is 4.98 Å². The quantitative estimate of drug-likeness (QED) is 0.748. The van der Waals surface area contributed by atoms with Gasteiger partial charge in [0.05, 0.1) is 24.5 Å². The monoisotopic (exact) mass is 464 g/mol. The second-order valence-corrected chi connectivity index (χ2v) is 9.51. The molecule has 2 aromatic rings. The molecule has 6 rings (SSSR count). The summed E-state index contributed by atoms with van der Waals surface area (Å²) in [5.74, 6) is 0.899. The first-order valence-electron chi connectivity index (χ1n) is 11.3. The van der Waals surface area contributed by atoms with Crippen LogP contribution in [0.15, 0.2) is 59.5 Å². The molecule has 1 aromatic heterocycles. The zero-order chi connectivity index (χ0) is 22.5. The van der Waals surface area contributed by atoms with Crippen molar-refractivity contribution >= 4 is 35.4 Å². The van der Waals surface area contributed by atoms with Crippen LogP contribution in [0.1, 0.15) is 17.9 Å². The average Bonchev–Trinajstić information content (AvgIpc) is 3.46. The van der Waals surface area contributed by atoms with Crippen LogP contribution in [-0.4, -0.2) is 77.1 Å². The Kier molecular flexibility index (Phi) is 5.09. The molecule has 0 saturated carbocycles. The van der Waals surface area contributed by atoms with Crippen molar-refractivity contribution in [2.45, 2.75) is 24.5 Å². The molecule has 0 aliphatic carbocycles. The second-order valence-electron chi connectivity index (χ2n) is 9.07. The lowest BCUT2D eigenvalue weighted by atomic mass is 10.0. The number of aliphatic hydroxyl groups is 1. The molecule has 4 aliphatic rings. The van der Waals surface area contributed by atoms with Crippen molar-refractivity contribution in [3.63, 3.8) is 0 Å². The Hall–Kier alpha value is -2.94. The van der Waals surface area contributed by atoms with E-state index in [2.05, 4.69) is 19.9 Å². The van der Waals surface area contributed by atoms with E-state index in [9.17, 15) is 9.90 Å². The third-order valence-electron chi connectivity index (χ3n) is 6.95. The minimum absolute atomic E-state index is 0.0921. The lowest BCUT2D eigenvalue weighted by molar-refractivity contribution is -0.115. The molecule has 2 saturated heterocycles. The summed E-state index contributed by atoms with van der Waals surface area (Å²) in [6.45, 7) is 4.03. The summed E-state index contributed by atoms with van der Waals surface area (Å²) >= 11 is 6.01. The van der Waals surface area contributed by atoms with Gasteiger partial charge in [-0.15, -0.1) is 0 Å². The summed E-state index contributed by atoms with van der Waals surface area (Å²) < 4.78 is 0. The number of hydrogen-bond donors (Lipinski definition) is 1. The number of aromatic nitrogens is 1. The van der Waals surface area contributed by atoms with Crippen LogP contribution in [-0.2, 0) is 4.79 Å². The number of anilines is 2. The van der Waals surface area contributed by atoms with Crippen molar-refractivity contribution in [2.24, 2.45) is 5.10 Å². The number of fused-ring (bicyclic) bond motifs is 1. The number of hydrogen-bond acceptors (Lipinski definition) is 7. The molecule has 5 heterocycles. The van der Waals surface area contributed by atoms with Gasteiger partial charge in [-0.3, -0.25) is 19.6 Å². The van der Waals surface area contributed by atoms with Gasteiger partial charge in [0.25, 0.3) is 5.91 Å². The Morgan fingerprint density at radius 1 is 1.03 bits per heavy atom. The normalized spacial score (nSPS) is 25.5. The number of carbonyl (C=O) groups excluding carboxylic acids is 1. The minimum atomic E-state index is -0.174. The topological polar surface area (TPSA) is 75.5 Å². The highest BCUT2D eigenvalue weighted by Gasteiger charge is 2.36. The lowest BCUT2D eigenvalue weighted by Gasteiger charge is -2.40. The van der Waals surface area contributed by atoms with E-state index in [0.717, 1.165) is 44.0 Å². The fourth-order valence-electron chi connectivity index (χ4n) is 5.03. The summed E-state index contributed by atoms with van der Waals surface area (Å²) in [4.78, 5) is 24.0. The Labute approximate surface area is 197 Å². The van der Waals surface area contributed by atoms with Crippen LogP contribution in [0.5, 0.6) is 0 Å². The third-order valence-corrected chi connectivity index (χ3v) is 7.21. The number of halogens is 1. The molecule has 9 heteroatoms. The van der Waals surface area contributed by atoms with Crippen molar-refractivity contribution in [1.82, 2.24) is 14.9 Å². The van der Waals surface area contributed by atoms with Crippen molar-refractivity contribution in [2.75, 3.05) is 42.5 Å². The maximum atomic E-state index is 13.2. The molecule has 2 atom stereocenters. The SMILES string of the molecule is O=C1C2=CC(c3ccc(Cl)cc3)CN2N=CN1c1ccc(N2CCC(N3CC(O)C3)C2)nc1. The van der Waals surface area contributed by atoms with Crippen LogP contribution in [0.3, 0.4) is 0 Å². The molecule has 0 spiro atoms. The number of aliphatic hydroxyl groups excluding tert-OH is 1. The molecule has 4 aliphatic heterocycles. The molecule has 8 nitrogen and oxygen atoms in total. The predicted octanol–water partition coefficient (Wildman–Crippen LogP) is 2.26. The summed E-state index contributed by atoms with van der Waals surface area (Å²) in [7, 11) is 0. The van der Waals surface area contributed by atoms with Gasteiger partial charge >= 0.3 is 0 Å². The number of rotatable bonds is 4. The molecule has 0 bridgehead atoms. The van der Waals surface area contributed by atoms with Gasteiger partial charge in [0.1, 0.15) is 17.9 Å². The van der Waals surface area contributed by atoms with E-state index in [1.165, 1.54) is 0 Å². The zero-order valence-electron chi connectivity index (χ0n) is 18.1. The highest BCUT2D eigenvalue weighted by Crippen LogP contribution is 2.33. The maximum Gasteiger partial charge on any atom is 0.281 e. The van der Waals surface area contributed by atoms with Gasteiger partial charge in [0.2, 0.25) is 0 Å². The number of hydrazone groups is 1. The maximum absolute atomic E-state index is 13.2. The molecule has 1 N–H and O–H groups in total. The van der Waals surface area contributed by atoms with Crippen LogP contribution >= 0.6 is 11.6 Å². The summed E-state index contributed by atoms with van der Waals surface area (Å²) in [6.07, 6.45) is 6.19. The first-order chi connectivity index (χ1) is 16.0. The molecule has 1 amide bonds. The van der Waals surface area contributed by atoms with Gasteiger partial charge in [-0.2, -0.15) is 5.10 Å². The first kappa shape index (κ1) is 20.7. The summed E-state index contributed by atoms with van der Waals surface area (Å²) in [6, 6.07) is 12.1. The lowest BCUT2D eigenvalue weighted by Crippen LogP contribution is -2.56.